The number of fused-ring (bicyclic) bond motifs is 8. The number of hydrogen-bond acceptors (Lipinski definition) is 3. The molecule has 8 rings (SSSR count). The monoisotopic (exact) mass is 887 g/mol. The number of aromatic nitrogens is 2. The first-order valence-corrected chi connectivity index (χ1v) is 24.0. The molecule has 3 heterocycles. The molecule has 0 bridgehead atoms. The van der Waals surface area contributed by atoms with Crippen LogP contribution in [0.5, 0.6) is 0 Å². The number of nitrogens with zero attached hydrogens (tertiary/aromatic N) is 2. The van der Waals surface area contributed by atoms with E-state index in [1.165, 1.54) is 36.0 Å². The van der Waals surface area contributed by atoms with Crippen LogP contribution in [-0.2, 0) is 26.5 Å². The van der Waals surface area contributed by atoms with Crippen LogP contribution in [-0.4, -0.2) is 23.2 Å². The Labute approximate surface area is 304 Å². The van der Waals surface area contributed by atoms with Crippen LogP contribution >= 0.6 is 11.3 Å². The van der Waals surface area contributed by atoms with Gasteiger partial charge in [0.1, 0.15) is 5.82 Å². The van der Waals surface area contributed by atoms with Gasteiger partial charge in [-0.25, -0.2) is 4.39 Å². The maximum absolute atomic E-state index is 14.5. The summed E-state index contributed by atoms with van der Waals surface area (Å²) in [6.45, 7) is 1.72. The Morgan fingerprint density at radius 3 is 2.08 bits per heavy atom. The Kier molecular flexibility index (Phi) is 9.46. The van der Waals surface area contributed by atoms with E-state index >= 15 is 0 Å². The van der Waals surface area contributed by atoms with Crippen molar-refractivity contribution in [2.24, 2.45) is 0 Å². The van der Waals surface area contributed by atoms with Gasteiger partial charge in [-0.3, -0.25) is 0 Å². The molecular formula is C42H35FGeIrN2S-2. The minimum Gasteiger partial charge on any atom is 0 e. The van der Waals surface area contributed by atoms with Gasteiger partial charge in [0.25, 0.3) is 0 Å². The summed E-state index contributed by atoms with van der Waals surface area (Å²) < 4.78 is 34.6. The molecule has 0 fully saturated rings. The largest absolute Gasteiger partial charge is 0 e. The number of rotatable bonds is 5. The van der Waals surface area contributed by atoms with Gasteiger partial charge in [0.15, 0.2) is 0 Å². The molecule has 0 aliphatic heterocycles. The summed E-state index contributed by atoms with van der Waals surface area (Å²) in [6, 6.07) is 41.2. The molecule has 0 aliphatic carbocycles. The molecule has 3 aromatic heterocycles. The fraction of sp³-hybridized carbons (Fsp3) is 0.143. The van der Waals surface area contributed by atoms with Gasteiger partial charge in [-0.05, 0) is 49.3 Å². The minimum atomic E-state index is -1.76. The van der Waals surface area contributed by atoms with Gasteiger partial charge < -0.3 is 4.98 Å². The molecule has 0 saturated carbocycles. The molecule has 6 heteroatoms. The molecule has 0 unspecified atom stereocenters. The number of halogens is 1. The summed E-state index contributed by atoms with van der Waals surface area (Å²) in [4.78, 5) is 8.87. The van der Waals surface area contributed by atoms with Crippen LogP contribution in [0, 0.1) is 17.9 Å². The van der Waals surface area contributed by atoms with Crippen molar-refractivity contribution >= 4 is 70.7 Å². The van der Waals surface area contributed by atoms with Crippen molar-refractivity contribution in [3.05, 3.63) is 139 Å². The van der Waals surface area contributed by atoms with Gasteiger partial charge in [0.2, 0.25) is 0 Å². The molecule has 8 aromatic rings. The van der Waals surface area contributed by atoms with Gasteiger partial charge in [0.05, 0.1) is 6.20 Å². The summed E-state index contributed by atoms with van der Waals surface area (Å²) in [6.07, 6.45) is 1.59. The van der Waals surface area contributed by atoms with Crippen LogP contribution in [0.1, 0.15) is 21.6 Å². The van der Waals surface area contributed by atoms with E-state index in [2.05, 4.69) is 106 Å². The Hall–Kier alpha value is -3.74. The zero-order valence-electron chi connectivity index (χ0n) is 29.2. The fourth-order valence-corrected chi connectivity index (χ4v) is 9.54. The second kappa shape index (κ2) is 14.4. The van der Waals surface area contributed by atoms with Crippen LogP contribution in [0.15, 0.2) is 116 Å². The number of aryl methyl sites for hydroxylation is 1. The SMILES string of the molecule is [2H]C([2H])(CC)c1cc(-c2[c-]ccc3c2sc2c4ccccc4c4ccccc4c32)ncc1F.[CH3][Ge]([CH3])([CH3])[c]1ccc(-c2[c-]cccc2)nc1.[Ir]. The molecule has 0 saturated heterocycles. The Morgan fingerprint density at radius 2 is 1.42 bits per heavy atom. The van der Waals surface area contributed by atoms with Crippen LogP contribution in [0.3, 0.4) is 0 Å². The first-order valence-electron chi connectivity index (χ1n) is 16.8. The van der Waals surface area contributed by atoms with E-state index in [9.17, 15) is 4.39 Å². The summed E-state index contributed by atoms with van der Waals surface area (Å²) in [7, 11) is 0. The van der Waals surface area contributed by atoms with Crippen molar-refractivity contribution in [2.75, 3.05) is 0 Å². The first kappa shape index (κ1) is 31.5. The third kappa shape index (κ3) is 6.62. The van der Waals surface area contributed by atoms with Crippen molar-refractivity contribution < 1.29 is 27.2 Å². The average molecular weight is 886 g/mol. The molecule has 5 aromatic carbocycles. The second-order valence-corrected chi connectivity index (χ2v) is 24.2. The Morgan fingerprint density at radius 1 is 0.729 bits per heavy atom. The predicted octanol–water partition coefficient (Wildman–Crippen LogP) is 11.4. The number of pyridine rings is 2. The zero-order chi connectivity index (χ0) is 34.3. The number of benzene rings is 5. The van der Waals surface area contributed by atoms with Crippen molar-refractivity contribution in [3.8, 4) is 22.5 Å². The molecule has 0 N–H and O–H groups in total. The summed E-state index contributed by atoms with van der Waals surface area (Å²) in [5.74, 6) is 6.52. The first-order chi connectivity index (χ1) is 23.6. The van der Waals surface area contributed by atoms with Crippen molar-refractivity contribution in [2.45, 2.75) is 37.0 Å². The Balaban J connectivity index is 0.000000215. The van der Waals surface area contributed by atoms with Crippen molar-refractivity contribution in [3.63, 3.8) is 0 Å². The summed E-state index contributed by atoms with van der Waals surface area (Å²) in [5.41, 5.74) is 3.42. The van der Waals surface area contributed by atoms with Crippen LogP contribution in [0.2, 0.25) is 17.3 Å². The van der Waals surface area contributed by atoms with E-state index in [1.54, 1.807) is 24.3 Å². The second-order valence-electron chi connectivity index (χ2n) is 12.5. The maximum atomic E-state index is 14.5. The van der Waals surface area contributed by atoms with Gasteiger partial charge >= 0.3 is 99.8 Å². The van der Waals surface area contributed by atoms with E-state index in [1.807, 2.05) is 36.5 Å². The third-order valence-corrected chi connectivity index (χ3v) is 13.9. The number of hydrogen-bond donors (Lipinski definition) is 0. The maximum Gasteiger partial charge on any atom is 0 e. The van der Waals surface area contributed by atoms with Gasteiger partial charge in [-0.1, -0.05) is 73.3 Å². The van der Waals surface area contributed by atoms with Gasteiger partial charge in [0, 0.05) is 27.5 Å². The van der Waals surface area contributed by atoms with Gasteiger partial charge in [-0.15, -0.1) is 23.8 Å². The molecule has 2 nitrogen and oxygen atoms in total. The quantitative estimate of drug-likeness (QED) is 0.0978. The molecule has 241 valence electrons. The van der Waals surface area contributed by atoms with E-state index in [0.29, 0.717) is 5.69 Å². The molecular weight excluding hydrogens is 848 g/mol. The van der Waals surface area contributed by atoms with E-state index in [-0.39, 0.29) is 32.1 Å². The molecule has 0 aliphatic rings. The smallest absolute Gasteiger partial charge is 0 e. The molecule has 1 radical (unpaired) electrons. The zero-order valence-corrected chi connectivity index (χ0v) is 32.5. The summed E-state index contributed by atoms with van der Waals surface area (Å²) >= 11 is -0.0239. The normalized spacial score (nSPS) is 12.4. The van der Waals surface area contributed by atoms with Crippen molar-refractivity contribution in [1.29, 1.82) is 0 Å². The summed E-state index contributed by atoms with van der Waals surface area (Å²) in [5, 5.41) is 7.14. The molecule has 48 heavy (non-hydrogen) atoms. The molecule has 0 amide bonds. The van der Waals surface area contributed by atoms with Crippen LogP contribution in [0.25, 0.3) is 64.2 Å². The molecule has 0 atom stereocenters. The molecule has 0 spiro atoms. The fourth-order valence-electron chi connectivity index (χ4n) is 6.01. The Bertz CT molecular complexity index is 2460. The van der Waals surface area contributed by atoms with Crippen molar-refractivity contribution in [1.82, 2.24) is 9.97 Å². The van der Waals surface area contributed by atoms with Gasteiger partial charge in [-0.2, -0.15) is 11.3 Å². The average Bonchev–Trinajstić information content (AvgIpc) is 3.53. The van der Waals surface area contributed by atoms with E-state index < -0.39 is 25.5 Å². The third-order valence-electron chi connectivity index (χ3n) is 8.40. The van der Waals surface area contributed by atoms with E-state index in [0.717, 1.165) is 33.1 Å². The number of thiophene rings is 1. The minimum absolute atomic E-state index is 0. The standard InChI is InChI=1S/C28H19FNS.C14H16GeN.Ir/c1-2-8-17-15-25(30-16-24(17)29)22-13-7-14-23-26-20-11-5-3-9-18(20)19-10-4-6-12-21(19)28(26)31-27(22)23;1-15(2,3)13-9-10-14(16-11-13)12-7-5-4-6-8-12;/h3-7,9-12,14-16H,2,8H2,1H3;4-7,9-11H,1-3H3;/q2*-1;/i8D2;;. The van der Waals surface area contributed by atoms with Crippen LogP contribution in [0.4, 0.5) is 4.39 Å². The topological polar surface area (TPSA) is 25.8 Å². The van der Waals surface area contributed by atoms with Crippen LogP contribution < -0.4 is 4.40 Å². The predicted molar refractivity (Wildman–Crippen MR) is 202 cm³/mol. The van der Waals surface area contributed by atoms with E-state index in [4.69, 9.17) is 2.74 Å².